The summed E-state index contributed by atoms with van der Waals surface area (Å²) in [4.78, 5) is 14.3. The standard InChI is InChI=1S/C17H27ClN2O3S/c1-3-5-13-20(14-6-4-2)17(21)11-12-19-24(22,23)16-9-7-15(18)8-10-16/h7-10,19H,3-6,11-14H2,1-2H3. The number of unbranched alkanes of at least 4 members (excludes halogenated alkanes) is 2. The van der Waals surface area contributed by atoms with Crippen LogP contribution in [0.25, 0.3) is 0 Å². The maximum atomic E-state index is 12.3. The van der Waals surface area contributed by atoms with E-state index in [-0.39, 0.29) is 23.8 Å². The summed E-state index contributed by atoms with van der Waals surface area (Å²) in [5, 5.41) is 0.478. The summed E-state index contributed by atoms with van der Waals surface area (Å²) in [7, 11) is -3.61. The zero-order chi connectivity index (χ0) is 18.0. The van der Waals surface area contributed by atoms with Gasteiger partial charge in [0, 0.05) is 31.1 Å². The fourth-order valence-corrected chi connectivity index (χ4v) is 3.36. The largest absolute Gasteiger partial charge is 0.343 e. The number of rotatable bonds is 11. The highest BCUT2D eigenvalue weighted by molar-refractivity contribution is 7.89. The van der Waals surface area contributed by atoms with Crippen molar-refractivity contribution in [3.05, 3.63) is 29.3 Å². The first-order valence-corrected chi connectivity index (χ1v) is 10.3. The van der Waals surface area contributed by atoms with Crippen LogP contribution in [-0.4, -0.2) is 38.9 Å². The predicted molar refractivity (Wildman–Crippen MR) is 97.7 cm³/mol. The van der Waals surface area contributed by atoms with E-state index < -0.39 is 10.0 Å². The molecule has 0 aliphatic rings. The van der Waals surface area contributed by atoms with Crippen LogP contribution in [0.15, 0.2) is 29.2 Å². The minimum absolute atomic E-state index is 0.00398. The summed E-state index contributed by atoms with van der Waals surface area (Å²) in [6.45, 7) is 5.74. The maximum Gasteiger partial charge on any atom is 0.240 e. The lowest BCUT2D eigenvalue weighted by Crippen LogP contribution is -2.36. The highest BCUT2D eigenvalue weighted by Crippen LogP contribution is 2.13. The summed E-state index contributed by atoms with van der Waals surface area (Å²) in [5.74, 6) is -0.00398. The molecule has 136 valence electrons. The first-order valence-electron chi connectivity index (χ1n) is 8.43. The Morgan fingerprint density at radius 3 is 2.12 bits per heavy atom. The van der Waals surface area contributed by atoms with Crippen LogP contribution >= 0.6 is 11.6 Å². The van der Waals surface area contributed by atoms with Crippen LogP contribution in [0.4, 0.5) is 0 Å². The van der Waals surface area contributed by atoms with Crippen molar-refractivity contribution in [2.45, 2.75) is 50.8 Å². The van der Waals surface area contributed by atoms with Gasteiger partial charge in [0.2, 0.25) is 15.9 Å². The number of carbonyl (C=O) groups excluding carboxylic acids is 1. The van der Waals surface area contributed by atoms with Crippen LogP contribution < -0.4 is 4.72 Å². The van der Waals surface area contributed by atoms with Gasteiger partial charge in [-0.05, 0) is 37.1 Å². The average molecular weight is 375 g/mol. The molecule has 5 nitrogen and oxygen atoms in total. The van der Waals surface area contributed by atoms with E-state index >= 15 is 0 Å². The zero-order valence-electron chi connectivity index (χ0n) is 14.4. The molecule has 0 aliphatic carbocycles. The SMILES string of the molecule is CCCCN(CCCC)C(=O)CCNS(=O)(=O)c1ccc(Cl)cc1. The second kappa shape index (κ2) is 10.7. The summed E-state index contributed by atoms with van der Waals surface area (Å²) in [6.07, 6.45) is 4.15. The number of hydrogen-bond acceptors (Lipinski definition) is 3. The molecule has 0 fully saturated rings. The summed E-state index contributed by atoms with van der Waals surface area (Å²) in [5.41, 5.74) is 0. The third kappa shape index (κ3) is 7.20. The van der Waals surface area contributed by atoms with Crippen molar-refractivity contribution in [2.75, 3.05) is 19.6 Å². The van der Waals surface area contributed by atoms with Gasteiger partial charge in [0.1, 0.15) is 0 Å². The molecule has 0 spiro atoms. The molecule has 0 saturated heterocycles. The Morgan fingerprint density at radius 1 is 1.08 bits per heavy atom. The van der Waals surface area contributed by atoms with Crippen molar-refractivity contribution in [3.8, 4) is 0 Å². The van der Waals surface area contributed by atoms with Gasteiger partial charge in [-0.25, -0.2) is 13.1 Å². The number of sulfonamides is 1. The minimum Gasteiger partial charge on any atom is -0.343 e. The topological polar surface area (TPSA) is 66.5 Å². The van der Waals surface area contributed by atoms with Crippen molar-refractivity contribution in [1.82, 2.24) is 9.62 Å². The van der Waals surface area contributed by atoms with Crippen LogP contribution in [0, 0.1) is 0 Å². The molecule has 0 heterocycles. The second-order valence-corrected chi connectivity index (χ2v) is 7.89. The van der Waals surface area contributed by atoms with E-state index in [1.165, 1.54) is 24.3 Å². The predicted octanol–water partition coefficient (Wildman–Crippen LogP) is 3.44. The Morgan fingerprint density at radius 2 is 1.62 bits per heavy atom. The number of carbonyl (C=O) groups is 1. The molecule has 1 aromatic carbocycles. The normalized spacial score (nSPS) is 11.5. The quantitative estimate of drug-likeness (QED) is 0.645. The fourth-order valence-electron chi connectivity index (χ4n) is 2.21. The van der Waals surface area contributed by atoms with Gasteiger partial charge in [-0.3, -0.25) is 4.79 Å². The van der Waals surface area contributed by atoms with Crippen LogP contribution in [0.2, 0.25) is 5.02 Å². The van der Waals surface area contributed by atoms with Gasteiger partial charge < -0.3 is 4.90 Å². The van der Waals surface area contributed by atoms with E-state index in [1.54, 1.807) is 0 Å². The monoisotopic (exact) mass is 374 g/mol. The van der Waals surface area contributed by atoms with E-state index in [4.69, 9.17) is 11.6 Å². The molecular formula is C17H27ClN2O3S. The van der Waals surface area contributed by atoms with Gasteiger partial charge in [-0.2, -0.15) is 0 Å². The lowest BCUT2D eigenvalue weighted by atomic mass is 10.2. The number of nitrogens with zero attached hydrogens (tertiary/aromatic N) is 1. The number of amides is 1. The van der Waals surface area contributed by atoms with Crippen molar-refractivity contribution in [2.24, 2.45) is 0 Å². The van der Waals surface area contributed by atoms with Crippen molar-refractivity contribution in [3.63, 3.8) is 0 Å². The van der Waals surface area contributed by atoms with Crippen LogP contribution in [0.3, 0.4) is 0 Å². The number of halogens is 1. The Kier molecular flexibility index (Phi) is 9.33. The Labute approximate surface area is 150 Å². The van der Waals surface area contributed by atoms with E-state index in [0.29, 0.717) is 5.02 Å². The third-order valence-electron chi connectivity index (χ3n) is 3.67. The van der Waals surface area contributed by atoms with E-state index in [0.717, 1.165) is 38.8 Å². The highest BCUT2D eigenvalue weighted by atomic mass is 35.5. The Balaban J connectivity index is 2.53. The molecule has 1 N–H and O–H groups in total. The molecule has 0 saturated carbocycles. The number of nitrogens with one attached hydrogen (secondary N) is 1. The van der Waals surface area contributed by atoms with Gasteiger partial charge in [-0.15, -0.1) is 0 Å². The first kappa shape index (κ1) is 20.9. The molecule has 0 radical (unpaired) electrons. The molecule has 7 heteroatoms. The lowest BCUT2D eigenvalue weighted by Gasteiger charge is -2.22. The van der Waals surface area contributed by atoms with E-state index in [1.807, 2.05) is 4.90 Å². The molecule has 0 bridgehead atoms. The average Bonchev–Trinajstić information content (AvgIpc) is 2.55. The van der Waals surface area contributed by atoms with Crippen molar-refractivity contribution < 1.29 is 13.2 Å². The van der Waals surface area contributed by atoms with Gasteiger partial charge in [0.05, 0.1) is 4.90 Å². The number of benzene rings is 1. The molecule has 1 amide bonds. The van der Waals surface area contributed by atoms with Gasteiger partial charge in [-0.1, -0.05) is 38.3 Å². The molecule has 1 aromatic rings. The smallest absolute Gasteiger partial charge is 0.240 e. The van der Waals surface area contributed by atoms with Gasteiger partial charge in [0.25, 0.3) is 0 Å². The van der Waals surface area contributed by atoms with Gasteiger partial charge >= 0.3 is 0 Å². The highest BCUT2D eigenvalue weighted by Gasteiger charge is 2.16. The molecule has 1 rings (SSSR count). The summed E-state index contributed by atoms with van der Waals surface area (Å²) in [6, 6.07) is 5.94. The molecule has 0 atom stereocenters. The third-order valence-corrected chi connectivity index (χ3v) is 5.40. The molecule has 24 heavy (non-hydrogen) atoms. The Hall–Kier alpha value is -1.11. The van der Waals surface area contributed by atoms with Crippen molar-refractivity contribution >= 4 is 27.5 Å². The first-order chi connectivity index (χ1) is 11.4. The van der Waals surface area contributed by atoms with E-state index in [9.17, 15) is 13.2 Å². The van der Waals surface area contributed by atoms with Crippen LogP contribution in [-0.2, 0) is 14.8 Å². The van der Waals surface area contributed by atoms with Crippen LogP contribution in [0.1, 0.15) is 46.0 Å². The van der Waals surface area contributed by atoms with E-state index in [2.05, 4.69) is 18.6 Å². The molecular weight excluding hydrogens is 348 g/mol. The number of hydrogen-bond donors (Lipinski definition) is 1. The van der Waals surface area contributed by atoms with Gasteiger partial charge in [0.15, 0.2) is 0 Å². The lowest BCUT2D eigenvalue weighted by molar-refractivity contribution is -0.131. The second-order valence-electron chi connectivity index (χ2n) is 5.69. The molecule has 0 unspecified atom stereocenters. The summed E-state index contributed by atoms with van der Waals surface area (Å²) >= 11 is 5.76. The fraction of sp³-hybridized carbons (Fsp3) is 0.588. The van der Waals surface area contributed by atoms with Crippen LogP contribution in [0.5, 0.6) is 0 Å². The minimum atomic E-state index is -3.61. The Bertz CT molecular complexity index is 595. The summed E-state index contributed by atoms with van der Waals surface area (Å²) < 4.78 is 26.8. The zero-order valence-corrected chi connectivity index (χ0v) is 16.0. The maximum absolute atomic E-state index is 12.3. The van der Waals surface area contributed by atoms with Crippen molar-refractivity contribution in [1.29, 1.82) is 0 Å². The molecule has 0 aromatic heterocycles. The molecule has 0 aliphatic heterocycles.